The van der Waals surface area contributed by atoms with E-state index in [9.17, 15) is 0 Å². The molecule has 22 heavy (non-hydrogen) atoms. The Kier molecular flexibility index (Phi) is 7.43. The van der Waals surface area contributed by atoms with Gasteiger partial charge in [0.1, 0.15) is 0 Å². The van der Waals surface area contributed by atoms with Crippen molar-refractivity contribution >= 4 is 0 Å². The smallest absolute Gasteiger partial charge is 0.0102 e. The Bertz CT molecular complexity index is 320. The van der Waals surface area contributed by atoms with Gasteiger partial charge >= 0.3 is 0 Å². The average Bonchev–Trinajstić information content (AvgIpc) is 2.33. The van der Waals surface area contributed by atoms with Crippen molar-refractivity contribution in [1.29, 1.82) is 0 Å². The van der Waals surface area contributed by atoms with Gasteiger partial charge in [-0.2, -0.15) is 0 Å². The Balaban J connectivity index is 2.69. The van der Waals surface area contributed by atoms with Gasteiger partial charge in [0.15, 0.2) is 0 Å². The van der Waals surface area contributed by atoms with E-state index in [2.05, 4.69) is 60.4 Å². The van der Waals surface area contributed by atoms with Gasteiger partial charge in [-0.3, -0.25) is 0 Å². The molecule has 3 unspecified atom stereocenters. The van der Waals surface area contributed by atoms with Crippen molar-refractivity contribution in [3.05, 3.63) is 0 Å². The third-order valence-electron chi connectivity index (χ3n) is 5.70. The summed E-state index contributed by atoms with van der Waals surface area (Å²) in [6.45, 7) is 18.3. The van der Waals surface area contributed by atoms with Gasteiger partial charge in [-0.25, -0.2) is 0 Å². The summed E-state index contributed by atoms with van der Waals surface area (Å²) in [5.74, 6) is 1.72. The third kappa shape index (κ3) is 6.60. The molecule has 1 nitrogen and oxygen atoms in total. The first-order valence-electron chi connectivity index (χ1n) is 9.77. The van der Waals surface area contributed by atoms with Crippen LogP contribution < -0.4 is 0 Å². The van der Waals surface area contributed by atoms with Crippen molar-refractivity contribution < 1.29 is 0 Å². The fraction of sp³-hybridized carbons (Fsp3) is 1.00. The Labute approximate surface area is 141 Å². The summed E-state index contributed by atoms with van der Waals surface area (Å²) in [7, 11) is 2.35. The molecule has 0 aromatic carbocycles. The summed E-state index contributed by atoms with van der Waals surface area (Å²) in [5, 5.41) is 0. The summed E-state index contributed by atoms with van der Waals surface area (Å²) in [6, 6.07) is 0.783. The summed E-state index contributed by atoms with van der Waals surface area (Å²) < 4.78 is 0. The molecule has 1 aliphatic carbocycles. The minimum absolute atomic E-state index is 0.497. The molecule has 1 saturated carbocycles. The molecule has 1 fully saturated rings. The van der Waals surface area contributed by atoms with Crippen LogP contribution in [-0.4, -0.2) is 24.5 Å². The van der Waals surface area contributed by atoms with E-state index in [4.69, 9.17) is 0 Å². The highest BCUT2D eigenvalue weighted by molar-refractivity contribution is 4.95. The maximum atomic E-state index is 2.64. The number of nitrogens with zero attached hydrogens (tertiary/aromatic N) is 1. The largest absolute Gasteiger partial charge is 0.303 e. The average molecular weight is 310 g/mol. The highest BCUT2D eigenvalue weighted by Crippen LogP contribution is 2.50. The predicted molar refractivity (Wildman–Crippen MR) is 100 cm³/mol. The molecule has 0 aromatic rings. The highest BCUT2D eigenvalue weighted by Gasteiger charge is 2.42. The molecule has 0 bridgehead atoms. The zero-order valence-electron chi connectivity index (χ0n) is 16.8. The van der Waals surface area contributed by atoms with E-state index in [1.165, 1.54) is 51.5 Å². The number of rotatable bonds is 8. The van der Waals surface area contributed by atoms with Gasteiger partial charge in [-0.1, -0.05) is 61.3 Å². The lowest BCUT2D eigenvalue weighted by molar-refractivity contribution is 0.0112. The van der Waals surface area contributed by atoms with Crippen LogP contribution in [0.1, 0.15) is 93.4 Å². The van der Waals surface area contributed by atoms with E-state index < -0.39 is 0 Å². The fourth-order valence-corrected chi connectivity index (χ4v) is 5.14. The molecule has 0 aliphatic heterocycles. The Morgan fingerprint density at radius 3 is 2.23 bits per heavy atom. The molecule has 0 aromatic heterocycles. The highest BCUT2D eigenvalue weighted by atomic mass is 15.1. The van der Waals surface area contributed by atoms with Crippen molar-refractivity contribution in [2.24, 2.45) is 22.7 Å². The quantitative estimate of drug-likeness (QED) is 0.503. The zero-order valence-corrected chi connectivity index (χ0v) is 16.8. The van der Waals surface area contributed by atoms with Gasteiger partial charge in [-0.15, -0.1) is 0 Å². The topological polar surface area (TPSA) is 3.24 Å². The Morgan fingerprint density at radius 2 is 1.68 bits per heavy atom. The number of hydrogen-bond acceptors (Lipinski definition) is 1. The summed E-state index contributed by atoms with van der Waals surface area (Å²) in [6.07, 6.45) is 9.67. The zero-order chi connectivity index (χ0) is 17.0. The molecule has 0 spiro atoms. The molecule has 1 aliphatic rings. The SMILES string of the molecule is CCCN(C)C1CC(C)(C)CC(C)(CC(C)CCC(C)C)C1. The van der Waals surface area contributed by atoms with Crippen molar-refractivity contribution in [3.63, 3.8) is 0 Å². The van der Waals surface area contributed by atoms with Crippen LogP contribution in [-0.2, 0) is 0 Å². The second-order valence-corrected chi connectivity index (χ2v) is 9.97. The Morgan fingerprint density at radius 1 is 1.05 bits per heavy atom. The number of hydrogen-bond donors (Lipinski definition) is 0. The molecule has 132 valence electrons. The first-order chi connectivity index (χ1) is 10.1. The Hall–Kier alpha value is -0.0400. The van der Waals surface area contributed by atoms with Crippen LogP contribution in [0.3, 0.4) is 0 Å². The van der Waals surface area contributed by atoms with Crippen molar-refractivity contribution in [3.8, 4) is 0 Å². The molecule has 3 atom stereocenters. The van der Waals surface area contributed by atoms with Gasteiger partial charge in [0.25, 0.3) is 0 Å². The third-order valence-corrected chi connectivity index (χ3v) is 5.70. The first-order valence-corrected chi connectivity index (χ1v) is 9.77. The van der Waals surface area contributed by atoms with Crippen molar-refractivity contribution in [2.75, 3.05) is 13.6 Å². The van der Waals surface area contributed by atoms with E-state index in [0.29, 0.717) is 10.8 Å². The van der Waals surface area contributed by atoms with Gasteiger partial charge in [0, 0.05) is 6.04 Å². The van der Waals surface area contributed by atoms with Crippen molar-refractivity contribution in [1.82, 2.24) is 4.90 Å². The summed E-state index contributed by atoms with van der Waals surface area (Å²) in [5.41, 5.74) is 1.03. The van der Waals surface area contributed by atoms with E-state index in [0.717, 1.165) is 17.9 Å². The van der Waals surface area contributed by atoms with E-state index in [1.807, 2.05) is 0 Å². The second kappa shape index (κ2) is 8.18. The van der Waals surface area contributed by atoms with E-state index in [1.54, 1.807) is 0 Å². The molecule has 0 heterocycles. The molecule has 0 amide bonds. The lowest BCUT2D eigenvalue weighted by Crippen LogP contribution is -2.46. The first kappa shape index (κ1) is 20.0. The summed E-state index contributed by atoms with van der Waals surface area (Å²) in [4.78, 5) is 2.64. The van der Waals surface area contributed by atoms with Crippen LogP contribution in [0.5, 0.6) is 0 Å². The molecule has 1 rings (SSSR count). The van der Waals surface area contributed by atoms with Crippen LogP contribution in [0.2, 0.25) is 0 Å². The summed E-state index contributed by atoms with van der Waals surface area (Å²) >= 11 is 0. The predicted octanol–water partition coefficient (Wildman–Crippen LogP) is 6.38. The maximum absolute atomic E-state index is 2.64. The minimum atomic E-state index is 0.497. The van der Waals surface area contributed by atoms with Crippen LogP contribution in [0, 0.1) is 22.7 Å². The van der Waals surface area contributed by atoms with Crippen LogP contribution in [0.25, 0.3) is 0 Å². The molecule has 0 radical (unpaired) electrons. The van der Waals surface area contributed by atoms with Gasteiger partial charge in [0.2, 0.25) is 0 Å². The normalized spacial score (nSPS) is 30.0. The molecular weight excluding hydrogens is 266 g/mol. The van der Waals surface area contributed by atoms with Crippen LogP contribution in [0.4, 0.5) is 0 Å². The molecule has 0 N–H and O–H groups in total. The standard InChI is InChI=1S/C21H43N/c1-9-12-22(8)19-14-20(5,6)16-21(7,15-19)13-18(4)11-10-17(2)3/h17-19H,9-16H2,1-8H3. The van der Waals surface area contributed by atoms with E-state index in [-0.39, 0.29) is 0 Å². The second-order valence-electron chi connectivity index (χ2n) is 9.97. The van der Waals surface area contributed by atoms with Crippen LogP contribution in [0.15, 0.2) is 0 Å². The maximum Gasteiger partial charge on any atom is 0.0102 e. The minimum Gasteiger partial charge on any atom is -0.303 e. The lowest BCUT2D eigenvalue weighted by Gasteiger charge is -2.50. The monoisotopic (exact) mass is 309 g/mol. The fourth-order valence-electron chi connectivity index (χ4n) is 5.14. The molecule has 1 heteroatoms. The molecule has 0 saturated heterocycles. The van der Waals surface area contributed by atoms with Crippen LogP contribution >= 0.6 is 0 Å². The van der Waals surface area contributed by atoms with Gasteiger partial charge in [-0.05, 0) is 68.4 Å². The van der Waals surface area contributed by atoms with E-state index >= 15 is 0 Å². The van der Waals surface area contributed by atoms with Gasteiger partial charge in [0.05, 0.1) is 0 Å². The lowest BCUT2D eigenvalue weighted by atomic mass is 9.59. The van der Waals surface area contributed by atoms with Gasteiger partial charge < -0.3 is 4.90 Å². The van der Waals surface area contributed by atoms with Crippen molar-refractivity contribution in [2.45, 2.75) is 99.5 Å². The molecular formula is C21H43N.